The van der Waals surface area contributed by atoms with Gasteiger partial charge in [-0.1, -0.05) is 37.8 Å². The van der Waals surface area contributed by atoms with Crippen molar-refractivity contribution in [3.8, 4) is 0 Å². The van der Waals surface area contributed by atoms with Crippen LogP contribution in [0.25, 0.3) is 0 Å². The molecule has 2 aliphatic heterocycles. The number of rotatable bonds is 9. The molecule has 2 unspecified atom stereocenters. The minimum Gasteiger partial charge on any atom is -0.395 e. The van der Waals surface area contributed by atoms with Gasteiger partial charge in [-0.25, -0.2) is 18.2 Å². The Bertz CT molecular complexity index is 1740. The SMILES string of the molecule is CN(CCO)CC1=CCC=C=C(N2CCC(c3nc4c(c(C5CCC(F)(F)CC5)c3C(F)c3ccc(C(F)(F)F)cc3)C(O)CC(C)(C)C4)CC2)N=C1. The molecule has 0 spiro atoms. The van der Waals surface area contributed by atoms with E-state index in [0.717, 1.165) is 29.8 Å². The molecule has 6 nitrogen and oxygen atoms in total. The summed E-state index contributed by atoms with van der Waals surface area (Å²) in [5, 5.41) is 20.9. The van der Waals surface area contributed by atoms with Crippen molar-refractivity contribution in [2.45, 2.75) is 108 Å². The monoisotopic (exact) mass is 744 g/mol. The van der Waals surface area contributed by atoms with E-state index in [1.807, 2.05) is 38.1 Å². The minimum absolute atomic E-state index is 0.0269. The number of benzene rings is 1. The van der Waals surface area contributed by atoms with Gasteiger partial charge >= 0.3 is 6.18 Å². The van der Waals surface area contributed by atoms with Crippen molar-refractivity contribution < 1.29 is 36.6 Å². The Morgan fingerprint density at radius 2 is 1.70 bits per heavy atom. The topological polar surface area (TPSA) is 72.2 Å². The zero-order chi connectivity index (χ0) is 38.1. The molecule has 2 fully saturated rings. The molecule has 2 N–H and O–H groups in total. The van der Waals surface area contributed by atoms with Crippen molar-refractivity contribution in [1.29, 1.82) is 0 Å². The summed E-state index contributed by atoms with van der Waals surface area (Å²) in [5.41, 5.74) is 5.57. The third-order valence-corrected chi connectivity index (χ3v) is 11.3. The number of pyridine rings is 1. The van der Waals surface area contributed by atoms with Crippen LogP contribution in [-0.4, -0.2) is 77.0 Å². The van der Waals surface area contributed by atoms with Crippen LogP contribution < -0.4 is 0 Å². The number of alkyl halides is 6. The minimum atomic E-state index is -4.59. The van der Waals surface area contributed by atoms with Crippen LogP contribution in [0, 0.1) is 5.41 Å². The number of piperidine rings is 1. The smallest absolute Gasteiger partial charge is 0.395 e. The molecule has 1 saturated heterocycles. The zero-order valence-corrected chi connectivity index (χ0v) is 30.7. The summed E-state index contributed by atoms with van der Waals surface area (Å²) < 4.78 is 86.9. The lowest BCUT2D eigenvalue weighted by Gasteiger charge is -2.41. The van der Waals surface area contributed by atoms with Crippen LogP contribution in [0.4, 0.5) is 26.3 Å². The van der Waals surface area contributed by atoms with Gasteiger partial charge in [0.25, 0.3) is 0 Å². The van der Waals surface area contributed by atoms with Gasteiger partial charge in [0.2, 0.25) is 5.92 Å². The number of aliphatic hydroxyl groups excluding tert-OH is 2. The largest absolute Gasteiger partial charge is 0.416 e. The van der Waals surface area contributed by atoms with Gasteiger partial charge in [0.15, 0.2) is 12.0 Å². The number of fused-ring (bicyclic) bond motifs is 1. The summed E-state index contributed by atoms with van der Waals surface area (Å²) in [6.07, 6.45) is 0.612. The Morgan fingerprint density at radius 3 is 2.34 bits per heavy atom. The fourth-order valence-corrected chi connectivity index (χ4v) is 8.51. The maximum absolute atomic E-state index is 17.3. The first kappa shape index (κ1) is 39.3. The van der Waals surface area contributed by atoms with Gasteiger partial charge in [0.05, 0.1) is 24.0 Å². The Balaban J connectivity index is 1.38. The summed E-state index contributed by atoms with van der Waals surface area (Å²) in [4.78, 5) is 14.0. The molecular formula is C41H50F6N4O2. The van der Waals surface area contributed by atoms with E-state index in [1.54, 1.807) is 0 Å². The third-order valence-electron chi connectivity index (χ3n) is 11.3. The molecule has 2 atom stereocenters. The average Bonchev–Trinajstić information content (AvgIpc) is 3.08. The van der Waals surface area contributed by atoms with Gasteiger partial charge in [-0.15, -0.1) is 0 Å². The summed E-state index contributed by atoms with van der Waals surface area (Å²) in [6, 6.07) is 4.03. The van der Waals surface area contributed by atoms with E-state index >= 15 is 4.39 Å². The quantitative estimate of drug-likeness (QED) is 0.198. The van der Waals surface area contributed by atoms with Gasteiger partial charge in [0, 0.05) is 68.0 Å². The van der Waals surface area contributed by atoms with Gasteiger partial charge in [0.1, 0.15) is 0 Å². The molecule has 6 rings (SSSR count). The molecule has 2 aromatic rings. The number of likely N-dealkylation sites (tertiary alicyclic amines) is 1. The summed E-state index contributed by atoms with van der Waals surface area (Å²) >= 11 is 0. The highest BCUT2D eigenvalue weighted by Crippen LogP contribution is 2.52. The van der Waals surface area contributed by atoms with Crippen molar-refractivity contribution >= 4 is 6.21 Å². The molecule has 1 aromatic carbocycles. The lowest BCUT2D eigenvalue weighted by Crippen LogP contribution is -2.35. The number of nitrogens with zero attached hydrogens (tertiary/aromatic N) is 4. The number of aromatic nitrogens is 1. The highest BCUT2D eigenvalue weighted by Gasteiger charge is 2.44. The second-order valence-corrected chi connectivity index (χ2v) is 16.0. The molecule has 2 aliphatic carbocycles. The maximum atomic E-state index is 17.3. The predicted octanol–water partition coefficient (Wildman–Crippen LogP) is 8.96. The maximum Gasteiger partial charge on any atom is 0.416 e. The fourth-order valence-electron chi connectivity index (χ4n) is 8.51. The molecule has 0 radical (unpaired) electrons. The molecule has 53 heavy (non-hydrogen) atoms. The molecule has 1 saturated carbocycles. The highest BCUT2D eigenvalue weighted by molar-refractivity contribution is 5.80. The van der Waals surface area contributed by atoms with E-state index in [9.17, 15) is 32.2 Å². The van der Waals surface area contributed by atoms with Crippen molar-refractivity contribution in [3.05, 3.63) is 92.7 Å². The van der Waals surface area contributed by atoms with E-state index in [4.69, 9.17) is 9.98 Å². The first-order chi connectivity index (χ1) is 25.0. The van der Waals surface area contributed by atoms with Crippen molar-refractivity contribution in [3.63, 3.8) is 0 Å². The number of hydrogen-bond acceptors (Lipinski definition) is 6. The van der Waals surface area contributed by atoms with E-state index < -0.39 is 35.9 Å². The van der Waals surface area contributed by atoms with Crippen LogP contribution in [0.15, 0.2) is 58.5 Å². The van der Waals surface area contributed by atoms with Crippen molar-refractivity contribution in [2.24, 2.45) is 10.4 Å². The van der Waals surface area contributed by atoms with Crippen molar-refractivity contribution in [1.82, 2.24) is 14.8 Å². The standard InChI is InChI=1S/C41H50F6N4O2/c1-39(2)22-31-35(32(53)23-39)34(27-12-16-40(43,44)17-13-27)36(37(42)28-8-10-30(11-9-28)41(45,46)47)38(49-31)29-14-18-51(19-15-29)33-7-5-4-6-26(24-48-33)25-50(3)20-21-52/h5-6,8-11,24,27,29,32,37,52-53H,4,12-23,25H2,1-3H3. The number of likely N-dealkylation sites (N-methyl/N-ethyl adjacent to an activating group) is 1. The Morgan fingerprint density at radius 1 is 1.02 bits per heavy atom. The van der Waals surface area contributed by atoms with Gasteiger partial charge in [-0.05, 0) is 98.2 Å². The third kappa shape index (κ3) is 9.10. The number of hydrogen-bond donors (Lipinski definition) is 2. The Labute approximate surface area is 308 Å². The summed E-state index contributed by atoms with van der Waals surface area (Å²) in [7, 11) is 1.93. The Hall–Kier alpha value is -3.44. The molecule has 0 bridgehead atoms. The fraction of sp³-hybridized carbons (Fsp3) is 0.585. The molecule has 1 aromatic heterocycles. The van der Waals surface area contributed by atoms with Gasteiger partial charge < -0.3 is 15.1 Å². The molecule has 12 heteroatoms. The van der Waals surface area contributed by atoms with Gasteiger partial charge in [-0.3, -0.25) is 9.88 Å². The first-order valence-electron chi connectivity index (χ1n) is 18.7. The van der Waals surface area contributed by atoms with E-state index in [2.05, 4.69) is 16.7 Å². The van der Waals surface area contributed by atoms with Crippen LogP contribution in [0.5, 0.6) is 0 Å². The highest BCUT2D eigenvalue weighted by atomic mass is 19.4. The lowest BCUT2D eigenvalue weighted by atomic mass is 9.68. The van der Waals surface area contributed by atoms with Gasteiger partial charge in [-0.2, -0.15) is 13.2 Å². The Kier molecular flexibility index (Phi) is 11.7. The molecule has 4 aliphatic rings. The number of aliphatic imine (C=N–C) groups is 1. The van der Waals surface area contributed by atoms with Crippen molar-refractivity contribution in [2.75, 3.05) is 39.8 Å². The number of aliphatic hydroxyl groups is 2. The summed E-state index contributed by atoms with van der Waals surface area (Å²) in [6.45, 7) is 6.44. The van der Waals surface area contributed by atoms with Crippen LogP contribution in [0.1, 0.15) is 129 Å². The van der Waals surface area contributed by atoms with E-state index in [1.165, 1.54) is 0 Å². The van der Waals surface area contributed by atoms with E-state index in [-0.39, 0.29) is 54.7 Å². The molecule has 3 heterocycles. The lowest BCUT2D eigenvalue weighted by molar-refractivity contribution is -0.137. The molecular weight excluding hydrogens is 694 g/mol. The first-order valence-corrected chi connectivity index (χ1v) is 18.7. The molecule has 0 amide bonds. The van der Waals surface area contributed by atoms with Crippen LogP contribution >= 0.6 is 0 Å². The number of halogens is 6. The summed E-state index contributed by atoms with van der Waals surface area (Å²) in [5.74, 6) is -2.84. The van der Waals surface area contributed by atoms with E-state index in [0.29, 0.717) is 86.6 Å². The average molecular weight is 745 g/mol. The molecule has 288 valence electrons. The number of allylic oxidation sites excluding steroid dienone is 2. The van der Waals surface area contributed by atoms with Crippen LogP contribution in [0.3, 0.4) is 0 Å². The normalized spacial score (nSPS) is 22.9. The van der Waals surface area contributed by atoms with Crippen LogP contribution in [0.2, 0.25) is 0 Å². The second-order valence-electron chi connectivity index (χ2n) is 16.0. The zero-order valence-electron chi connectivity index (χ0n) is 30.7. The second kappa shape index (κ2) is 15.7. The van der Waals surface area contributed by atoms with Crippen LogP contribution in [-0.2, 0) is 12.6 Å². The predicted molar refractivity (Wildman–Crippen MR) is 193 cm³/mol.